The summed E-state index contributed by atoms with van der Waals surface area (Å²) >= 11 is 0. The predicted molar refractivity (Wildman–Crippen MR) is 143 cm³/mol. The Bertz CT molecular complexity index is 1080. The highest BCUT2D eigenvalue weighted by Crippen LogP contribution is 2.75. The SMILES string of the molecule is CCOC(=O)[C@]1(C)CC[C@]2(C)CC[C@]3(C)C4=CCC5=C(C)C(O)C(C)(O)C=C5[C@]4(C)CC[C@@]3(C)[C@@H]2C1. The first-order valence-electron chi connectivity index (χ1n) is 14.3. The van der Waals surface area contributed by atoms with E-state index >= 15 is 0 Å². The maximum absolute atomic E-state index is 13.1. The molecule has 0 aromatic heterocycles. The molecule has 3 fully saturated rings. The molecule has 0 aliphatic heterocycles. The molecule has 4 nitrogen and oxygen atoms in total. The van der Waals surface area contributed by atoms with E-state index in [1.807, 2.05) is 19.9 Å². The van der Waals surface area contributed by atoms with Gasteiger partial charge in [-0.3, -0.25) is 4.79 Å². The summed E-state index contributed by atoms with van der Waals surface area (Å²) in [5.74, 6) is 0.445. The van der Waals surface area contributed by atoms with Crippen LogP contribution in [-0.4, -0.2) is 34.5 Å². The van der Waals surface area contributed by atoms with Gasteiger partial charge in [-0.25, -0.2) is 0 Å². The van der Waals surface area contributed by atoms with Gasteiger partial charge in [-0.1, -0.05) is 39.3 Å². The van der Waals surface area contributed by atoms with E-state index in [0.717, 1.165) is 44.1 Å². The maximum Gasteiger partial charge on any atom is 0.311 e. The second-order valence-corrected chi connectivity index (χ2v) is 14.4. The van der Waals surface area contributed by atoms with E-state index in [4.69, 9.17) is 4.74 Å². The second-order valence-electron chi connectivity index (χ2n) is 14.4. The van der Waals surface area contributed by atoms with Crippen LogP contribution in [-0.2, 0) is 9.53 Å². The maximum atomic E-state index is 13.1. The molecule has 0 heterocycles. The molecule has 0 aromatic carbocycles. The van der Waals surface area contributed by atoms with E-state index in [9.17, 15) is 15.0 Å². The number of carbonyl (C=O) groups excluding carboxylic acids is 1. The fourth-order valence-corrected chi connectivity index (χ4v) is 9.64. The first-order valence-corrected chi connectivity index (χ1v) is 14.3. The Morgan fingerprint density at radius 2 is 1.69 bits per heavy atom. The number of allylic oxidation sites excluding steroid dienone is 4. The van der Waals surface area contributed by atoms with Crippen LogP contribution in [0.4, 0.5) is 0 Å². The molecule has 5 aliphatic carbocycles. The fraction of sp³-hybridized carbons (Fsp3) is 0.781. The number of fused-ring (bicyclic) bond motifs is 7. The predicted octanol–water partition coefficient (Wildman–Crippen LogP) is 6.67. The van der Waals surface area contributed by atoms with Crippen LogP contribution in [0.5, 0.6) is 0 Å². The van der Waals surface area contributed by atoms with Crippen LogP contribution >= 0.6 is 0 Å². The van der Waals surface area contributed by atoms with Crippen molar-refractivity contribution in [2.24, 2.45) is 33.0 Å². The van der Waals surface area contributed by atoms with Gasteiger partial charge in [0.2, 0.25) is 0 Å². The molecule has 0 radical (unpaired) electrons. The van der Waals surface area contributed by atoms with Crippen LogP contribution in [0.15, 0.2) is 34.4 Å². The van der Waals surface area contributed by atoms with Gasteiger partial charge in [-0.05, 0) is 124 Å². The number of carbonyl (C=O) groups is 1. The van der Waals surface area contributed by atoms with Gasteiger partial charge in [0.25, 0.3) is 0 Å². The third kappa shape index (κ3) is 3.22. The topological polar surface area (TPSA) is 66.8 Å². The van der Waals surface area contributed by atoms with Crippen LogP contribution in [0, 0.1) is 33.0 Å². The van der Waals surface area contributed by atoms with Crippen LogP contribution in [0.3, 0.4) is 0 Å². The van der Waals surface area contributed by atoms with Crippen LogP contribution in [0.1, 0.15) is 107 Å². The summed E-state index contributed by atoms with van der Waals surface area (Å²) < 4.78 is 5.58. The van der Waals surface area contributed by atoms with E-state index in [1.54, 1.807) is 6.92 Å². The van der Waals surface area contributed by atoms with Gasteiger partial charge in [0, 0.05) is 5.41 Å². The van der Waals surface area contributed by atoms with Gasteiger partial charge in [0.1, 0.15) is 11.7 Å². The summed E-state index contributed by atoms with van der Waals surface area (Å²) in [5.41, 5.74) is 3.49. The highest BCUT2D eigenvalue weighted by Gasteiger charge is 2.67. The first kappa shape index (κ1) is 26.2. The lowest BCUT2D eigenvalue weighted by Gasteiger charge is -2.70. The van der Waals surface area contributed by atoms with Gasteiger partial charge < -0.3 is 14.9 Å². The number of aliphatic hydroxyl groups excluding tert-OH is 1. The number of esters is 1. The number of rotatable bonds is 2. The van der Waals surface area contributed by atoms with Crippen molar-refractivity contribution in [3.63, 3.8) is 0 Å². The standard InChI is InChI=1S/C32H48O4/c1-9-36-26(34)28(4)13-12-27(3)14-16-30(6)23-11-10-21-20(2)25(33)32(8,35)18-22(21)29(23,5)15-17-31(30,7)24(27)19-28/h11,18,24-25,33,35H,9-10,12-17,19H2,1-8H3/t24-,25?,27-,28-,29+,30-,31+,32?/m1/s1. The Hall–Kier alpha value is -1.39. The lowest BCUT2D eigenvalue weighted by atomic mass is 9.34. The smallest absolute Gasteiger partial charge is 0.311 e. The molecule has 0 bridgehead atoms. The van der Waals surface area contributed by atoms with Gasteiger partial charge in [0.15, 0.2) is 0 Å². The lowest BCUT2D eigenvalue weighted by molar-refractivity contribution is -0.182. The Balaban J connectivity index is 1.59. The molecule has 0 aromatic rings. The highest BCUT2D eigenvalue weighted by atomic mass is 16.5. The molecule has 3 saturated carbocycles. The molecule has 4 heteroatoms. The molecule has 200 valence electrons. The third-order valence-corrected chi connectivity index (χ3v) is 12.4. The zero-order valence-corrected chi connectivity index (χ0v) is 23.9. The summed E-state index contributed by atoms with van der Waals surface area (Å²) in [6, 6.07) is 0. The summed E-state index contributed by atoms with van der Waals surface area (Å²) in [7, 11) is 0. The van der Waals surface area contributed by atoms with E-state index < -0.39 is 17.1 Å². The molecule has 2 N–H and O–H groups in total. The van der Waals surface area contributed by atoms with Crippen molar-refractivity contribution in [2.45, 2.75) is 118 Å². The number of aliphatic hydroxyl groups is 2. The van der Waals surface area contributed by atoms with Crippen molar-refractivity contribution < 1.29 is 19.7 Å². The first-order chi connectivity index (χ1) is 16.6. The van der Waals surface area contributed by atoms with Crippen molar-refractivity contribution >= 4 is 5.97 Å². The quantitative estimate of drug-likeness (QED) is 0.331. The lowest BCUT2D eigenvalue weighted by Crippen LogP contribution is -2.62. The molecule has 36 heavy (non-hydrogen) atoms. The fourth-order valence-electron chi connectivity index (χ4n) is 9.64. The van der Waals surface area contributed by atoms with E-state index in [1.165, 1.54) is 29.6 Å². The second kappa shape index (κ2) is 7.82. The molecule has 0 amide bonds. The largest absolute Gasteiger partial charge is 0.466 e. The van der Waals surface area contributed by atoms with E-state index in [-0.39, 0.29) is 27.6 Å². The van der Waals surface area contributed by atoms with Gasteiger partial charge >= 0.3 is 5.97 Å². The minimum Gasteiger partial charge on any atom is -0.466 e. The average molecular weight is 497 g/mol. The number of ether oxygens (including phenoxy) is 1. The van der Waals surface area contributed by atoms with E-state index in [2.05, 4.69) is 40.7 Å². The minimum atomic E-state index is -1.24. The average Bonchev–Trinajstić information content (AvgIpc) is 2.81. The van der Waals surface area contributed by atoms with Crippen molar-refractivity contribution in [3.8, 4) is 0 Å². The Morgan fingerprint density at radius 3 is 2.36 bits per heavy atom. The highest BCUT2D eigenvalue weighted by molar-refractivity contribution is 5.76. The Labute approximate surface area is 218 Å². The summed E-state index contributed by atoms with van der Waals surface area (Å²) in [4.78, 5) is 13.1. The normalized spacial score (nSPS) is 50.2. The Morgan fingerprint density at radius 1 is 1.03 bits per heavy atom. The number of hydrogen-bond acceptors (Lipinski definition) is 4. The number of hydrogen-bond donors (Lipinski definition) is 2. The molecular formula is C32H48O4. The monoisotopic (exact) mass is 496 g/mol. The molecule has 5 rings (SSSR count). The summed E-state index contributed by atoms with van der Waals surface area (Å²) in [6.45, 7) is 18.1. The van der Waals surface area contributed by atoms with Crippen molar-refractivity contribution in [3.05, 3.63) is 34.4 Å². The zero-order chi connectivity index (χ0) is 26.5. The molecule has 2 unspecified atom stereocenters. The molecule has 8 atom stereocenters. The van der Waals surface area contributed by atoms with Crippen LogP contribution in [0.2, 0.25) is 0 Å². The van der Waals surface area contributed by atoms with E-state index in [0.29, 0.717) is 12.5 Å². The molecule has 0 spiro atoms. The molecule has 0 saturated heterocycles. The van der Waals surface area contributed by atoms with Crippen molar-refractivity contribution in [1.29, 1.82) is 0 Å². The third-order valence-electron chi connectivity index (χ3n) is 12.4. The summed E-state index contributed by atoms with van der Waals surface area (Å²) in [6.07, 6.45) is 11.8. The van der Waals surface area contributed by atoms with Crippen molar-refractivity contribution in [2.75, 3.05) is 6.61 Å². The van der Waals surface area contributed by atoms with Crippen molar-refractivity contribution in [1.82, 2.24) is 0 Å². The summed E-state index contributed by atoms with van der Waals surface area (Å²) in [5, 5.41) is 21.9. The van der Waals surface area contributed by atoms with Gasteiger partial charge in [-0.2, -0.15) is 0 Å². The zero-order valence-electron chi connectivity index (χ0n) is 23.9. The molecule has 5 aliphatic rings. The van der Waals surface area contributed by atoms with Crippen LogP contribution < -0.4 is 0 Å². The minimum absolute atomic E-state index is 0.0149. The Kier molecular flexibility index (Phi) is 5.70. The molecular weight excluding hydrogens is 448 g/mol. The van der Waals surface area contributed by atoms with Gasteiger partial charge in [0.05, 0.1) is 12.0 Å². The van der Waals surface area contributed by atoms with Gasteiger partial charge in [-0.15, -0.1) is 0 Å². The van der Waals surface area contributed by atoms with Crippen LogP contribution in [0.25, 0.3) is 0 Å².